The number of anilines is 1. The monoisotopic (exact) mass is 471 g/mol. The first-order chi connectivity index (χ1) is 15.4. The van der Waals surface area contributed by atoms with Crippen LogP contribution in [0.5, 0.6) is 0 Å². The maximum atomic E-state index is 13.5. The van der Waals surface area contributed by atoms with Gasteiger partial charge in [0.15, 0.2) is 0 Å². The first-order valence-electron chi connectivity index (χ1n) is 10.6. The van der Waals surface area contributed by atoms with Gasteiger partial charge in [0.1, 0.15) is 15.8 Å². The number of piperidine rings is 1. The van der Waals surface area contributed by atoms with Crippen molar-refractivity contribution in [1.82, 2.24) is 14.3 Å². The van der Waals surface area contributed by atoms with E-state index in [1.54, 1.807) is 18.3 Å². The second kappa shape index (κ2) is 9.41. The van der Waals surface area contributed by atoms with E-state index in [0.717, 1.165) is 49.7 Å². The van der Waals surface area contributed by atoms with Crippen LogP contribution in [0.2, 0.25) is 0 Å². The SMILES string of the molecule is Cc1cccn2c(=O)c(C=C3SC(=S)N(CCCC(=O)[O-])C3=O)c(N3CCCCC3)nc12. The number of aryl methyl sites for hydroxylation is 1. The molecular formula is C22H23N4O4S2-. The largest absolute Gasteiger partial charge is 0.550 e. The van der Waals surface area contributed by atoms with Gasteiger partial charge in [-0.15, -0.1) is 0 Å². The fourth-order valence-corrected chi connectivity index (χ4v) is 5.27. The summed E-state index contributed by atoms with van der Waals surface area (Å²) in [6.07, 6.45) is 6.56. The Labute approximate surface area is 194 Å². The molecular weight excluding hydrogens is 448 g/mol. The first-order valence-corrected chi connectivity index (χ1v) is 11.8. The lowest BCUT2D eigenvalue weighted by atomic mass is 10.1. The Balaban J connectivity index is 1.76. The maximum Gasteiger partial charge on any atom is 0.267 e. The minimum absolute atomic E-state index is 0.148. The molecule has 0 atom stereocenters. The Morgan fingerprint density at radius 3 is 2.75 bits per heavy atom. The molecule has 0 N–H and O–H groups in total. The van der Waals surface area contributed by atoms with Crippen LogP contribution in [0.1, 0.15) is 43.2 Å². The van der Waals surface area contributed by atoms with Gasteiger partial charge in [0.25, 0.3) is 11.5 Å². The lowest BCUT2D eigenvalue weighted by Crippen LogP contribution is -2.34. The minimum atomic E-state index is -1.16. The first kappa shape index (κ1) is 22.5. The van der Waals surface area contributed by atoms with Crippen LogP contribution >= 0.6 is 24.0 Å². The zero-order chi connectivity index (χ0) is 22.8. The molecule has 2 fully saturated rings. The van der Waals surface area contributed by atoms with E-state index in [2.05, 4.69) is 4.90 Å². The summed E-state index contributed by atoms with van der Waals surface area (Å²) < 4.78 is 1.86. The molecule has 0 saturated carbocycles. The van der Waals surface area contributed by atoms with Gasteiger partial charge in [0.2, 0.25) is 0 Å². The van der Waals surface area contributed by atoms with Crippen LogP contribution in [0.25, 0.3) is 11.7 Å². The van der Waals surface area contributed by atoms with Gasteiger partial charge in [-0.3, -0.25) is 18.9 Å². The molecule has 4 rings (SSSR count). The van der Waals surface area contributed by atoms with Gasteiger partial charge in [-0.2, -0.15) is 0 Å². The number of fused-ring (bicyclic) bond motifs is 1. The number of pyridine rings is 1. The zero-order valence-electron chi connectivity index (χ0n) is 17.7. The highest BCUT2D eigenvalue weighted by molar-refractivity contribution is 8.26. The quantitative estimate of drug-likeness (QED) is 0.464. The molecule has 2 saturated heterocycles. The molecule has 0 aliphatic carbocycles. The molecule has 4 heterocycles. The third kappa shape index (κ3) is 4.42. The van der Waals surface area contributed by atoms with Crippen LogP contribution in [0, 0.1) is 6.92 Å². The summed E-state index contributed by atoms with van der Waals surface area (Å²) >= 11 is 6.45. The second-order valence-electron chi connectivity index (χ2n) is 7.90. The van der Waals surface area contributed by atoms with Crippen molar-refractivity contribution in [2.24, 2.45) is 0 Å². The Morgan fingerprint density at radius 1 is 1.28 bits per heavy atom. The van der Waals surface area contributed by atoms with Gasteiger partial charge in [0, 0.05) is 31.8 Å². The molecule has 10 heteroatoms. The Kier molecular flexibility index (Phi) is 6.61. The second-order valence-corrected chi connectivity index (χ2v) is 9.57. The highest BCUT2D eigenvalue weighted by Crippen LogP contribution is 2.34. The maximum absolute atomic E-state index is 13.5. The third-order valence-corrected chi connectivity index (χ3v) is 7.01. The van der Waals surface area contributed by atoms with Gasteiger partial charge in [-0.1, -0.05) is 30.0 Å². The molecule has 2 aromatic rings. The number of carbonyl (C=O) groups excluding carboxylic acids is 2. The van der Waals surface area contributed by atoms with Crippen LogP contribution in [0.15, 0.2) is 28.0 Å². The molecule has 2 aliphatic rings. The number of carbonyl (C=O) groups is 2. The number of rotatable bonds is 6. The van der Waals surface area contributed by atoms with Crippen LogP contribution in [-0.4, -0.2) is 50.1 Å². The zero-order valence-corrected chi connectivity index (χ0v) is 19.3. The number of carboxylic acid groups (broad SMARTS) is 1. The van der Waals surface area contributed by atoms with Crippen molar-refractivity contribution in [1.29, 1.82) is 0 Å². The molecule has 0 unspecified atom stereocenters. The summed E-state index contributed by atoms with van der Waals surface area (Å²) in [5.74, 6) is -0.898. The molecule has 32 heavy (non-hydrogen) atoms. The fourth-order valence-electron chi connectivity index (χ4n) is 3.98. The topological polar surface area (TPSA) is 98.0 Å². The summed E-state index contributed by atoms with van der Waals surface area (Å²) in [6, 6.07) is 3.71. The van der Waals surface area contributed by atoms with Crippen LogP contribution < -0.4 is 15.6 Å². The number of aromatic nitrogens is 2. The minimum Gasteiger partial charge on any atom is -0.550 e. The van der Waals surface area contributed by atoms with E-state index in [-0.39, 0.29) is 30.9 Å². The van der Waals surface area contributed by atoms with Crippen molar-refractivity contribution in [2.45, 2.75) is 39.0 Å². The molecule has 2 aliphatic heterocycles. The number of nitrogens with zero attached hydrogens (tertiary/aromatic N) is 4. The van der Waals surface area contributed by atoms with Gasteiger partial charge >= 0.3 is 0 Å². The van der Waals surface area contributed by atoms with Gasteiger partial charge < -0.3 is 14.8 Å². The third-order valence-electron chi connectivity index (χ3n) is 5.63. The highest BCUT2D eigenvalue weighted by atomic mass is 32.2. The van der Waals surface area contributed by atoms with Gasteiger partial charge in [-0.05, 0) is 56.7 Å². The highest BCUT2D eigenvalue weighted by Gasteiger charge is 2.32. The predicted molar refractivity (Wildman–Crippen MR) is 126 cm³/mol. The summed E-state index contributed by atoms with van der Waals surface area (Å²) in [5.41, 5.74) is 1.63. The van der Waals surface area contributed by atoms with Crippen LogP contribution in [-0.2, 0) is 9.59 Å². The summed E-state index contributed by atoms with van der Waals surface area (Å²) in [4.78, 5) is 45.8. The van der Waals surface area contributed by atoms with E-state index in [4.69, 9.17) is 17.2 Å². The van der Waals surface area contributed by atoms with E-state index >= 15 is 0 Å². The normalized spacial score (nSPS) is 18.2. The Hall–Kier alpha value is -2.72. The number of aliphatic carboxylic acids is 1. The summed E-state index contributed by atoms with van der Waals surface area (Å²) in [7, 11) is 0. The molecule has 2 aromatic heterocycles. The molecule has 8 nitrogen and oxygen atoms in total. The molecule has 1 amide bonds. The Bertz CT molecular complexity index is 1180. The molecule has 0 bridgehead atoms. The molecule has 0 aromatic carbocycles. The predicted octanol–water partition coefficient (Wildman–Crippen LogP) is 1.72. The molecule has 0 radical (unpaired) electrons. The summed E-state index contributed by atoms with van der Waals surface area (Å²) in [6.45, 7) is 3.72. The van der Waals surface area contributed by atoms with Crippen molar-refractivity contribution < 1.29 is 14.7 Å². The van der Waals surface area contributed by atoms with E-state index in [0.29, 0.717) is 26.3 Å². The molecule has 0 spiro atoms. The van der Waals surface area contributed by atoms with Crippen LogP contribution in [0.3, 0.4) is 0 Å². The van der Waals surface area contributed by atoms with Crippen molar-refractivity contribution in [3.63, 3.8) is 0 Å². The summed E-state index contributed by atoms with van der Waals surface area (Å²) in [5, 5.41) is 10.7. The number of hydrogen-bond donors (Lipinski definition) is 0. The average Bonchev–Trinajstić information content (AvgIpc) is 3.04. The average molecular weight is 472 g/mol. The smallest absolute Gasteiger partial charge is 0.267 e. The van der Waals surface area contributed by atoms with Gasteiger partial charge in [0.05, 0.1) is 10.5 Å². The lowest BCUT2D eigenvalue weighted by Gasteiger charge is -2.29. The van der Waals surface area contributed by atoms with Crippen molar-refractivity contribution in [3.05, 3.63) is 44.7 Å². The fraction of sp³-hybridized carbons (Fsp3) is 0.409. The standard InChI is InChI=1S/C22H24N4O4S2/c1-14-7-5-11-25-18(14)23-19(24-9-3-2-4-10-24)15(20(25)29)13-16-21(30)26(22(31)32-16)12-6-8-17(27)28/h5,7,11,13H,2-4,6,8-10,12H2,1H3,(H,27,28)/p-1. The lowest BCUT2D eigenvalue weighted by molar-refractivity contribution is -0.305. The Morgan fingerprint density at radius 2 is 2.03 bits per heavy atom. The van der Waals surface area contributed by atoms with Crippen LogP contribution in [0.4, 0.5) is 5.82 Å². The van der Waals surface area contributed by atoms with Gasteiger partial charge in [-0.25, -0.2) is 4.98 Å². The molecule has 168 valence electrons. The van der Waals surface area contributed by atoms with Crippen molar-refractivity contribution in [3.8, 4) is 0 Å². The van der Waals surface area contributed by atoms with E-state index < -0.39 is 5.97 Å². The number of hydrogen-bond acceptors (Lipinski definition) is 8. The number of carboxylic acids is 1. The van der Waals surface area contributed by atoms with E-state index in [1.165, 1.54) is 9.30 Å². The van der Waals surface area contributed by atoms with Crippen molar-refractivity contribution in [2.75, 3.05) is 24.5 Å². The van der Waals surface area contributed by atoms with Crippen molar-refractivity contribution >= 4 is 57.7 Å². The van der Waals surface area contributed by atoms with E-state index in [1.807, 2.05) is 13.0 Å². The number of thiocarbonyl (C=S) groups is 1. The number of amides is 1. The number of thioether (sulfide) groups is 1. The van der Waals surface area contributed by atoms with E-state index in [9.17, 15) is 19.5 Å².